The molecule has 0 heterocycles. The molecule has 21 heavy (non-hydrogen) atoms. The van der Waals surface area contributed by atoms with Gasteiger partial charge in [-0.3, -0.25) is 0 Å². The second kappa shape index (κ2) is 5.83. The van der Waals surface area contributed by atoms with Gasteiger partial charge in [0.25, 0.3) is 0 Å². The molecule has 1 N–H and O–H groups in total. The minimum atomic E-state index is -1.47. The van der Waals surface area contributed by atoms with Crippen molar-refractivity contribution in [3.63, 3.8) is 0 Å². The molecule has 0 aliphatic heterocycles. The molecule has 0 atom stereocenters. The third kappa shape index (κ3) is 2.97. The molecule has 0 fully saturated rings. The van der Waals surface area contributed by atoms with Crippen LogP contribution in [0.4, 0.5) is 23.2 Å². The van der Waals surface area contributed by atoms with Crippen molar-refractivity contribution in [2.45, 2.75) is 13.5 Å². The maximum Gasteiger partial charge on any atom is 0.185 e. The van der Waals surface area contributed by atoms with Crippen molar-refractivity contribution >= 4 is 5.69 Å². The summed E-state index contributed by atoms with van der Waals surface area (Å²) in [5, 5.41) is 11.1. The zero-order valence-electron chi connectivity index (χ0n) is 11.0. The lowest BCUT2D eigenvalue weighted by Gasteiger charge is -2.11. The van der Waals surface area contributed by atoms with E-state index in [4.69, 9.17) is 5.26 Å². The van der Waals surface area contributed by atoms with E-state index in [0.29, 0.717) is 11.1 Å². The number of rotatable bonds is 3. The molecule has 2 nitrogen and oxygen atoms in total. The first-order chi connectivity index (χ1) is 9.93. The lowest BCUT2D eigenvalue weighted by molar-refractivity contribution is 0.458. The van der Waals surface area contributed by atoms with Crippen LogP contribution >= 0.6 is 0 Å². The van der Waals surface area contributed by atoms with Gasteiger partial charge in [0.2, 0.25) is 0 Å². The van der Waals surface area contributed by atoms with Crippen LogP contribution in [-0.4, -0.2) is 0 Å². The highest BCUT2D eigenvalue weighted by Gasteiger charge is 2.18. The van der Waals surface area contributed by atoms with Gasteiger partial charge >= 0.3 is 0 Å². The second-order valence-electron chi connectivity index (χ2n) is 4.45. The topological polar surface area (TPSA) is 35.8 Å². The Hall–Kier alpha value is -2.55. The van der Waals surface area contributed by atoms with Gasteiger partial charge in [-0.2, -0.15) is 5.26 Å². The molecule has 0 unspecified atom stereocenters. The van der Waals surface area contributed by atoms with E-state index in [2.05, 4.69) is 5.32 Å². The molecule has 0 aliphatic rings. The predicted octanol–water partition coefficient (Wildman–Crippen LogP) is 4.04. The highest BCUT2D eigenvalue weighted by molar-refractivity contribution is 5.48. The van der Waals surface area contributed by atoms with E-state index in [1.807, 2.05) is 6.07 Å². The van der Waals surface area contributed by atoms with Gasteiger partial charge in [-0.25, -0.2) is 17.6 Å². The fraction of sp³-hybridized carbons (Fsp3) is 0.133. The third-order valence-corrected chi connectivity index (χ3v) is 3.04. The minimum absolute atomic E-state index is 0.0335. The molecule has 0 saturated carbocycles. The molecule has 0 bridgehead atoms. The quantitative estimate of drug-likeness (QED) is 0.685. The molecule has 2 aromatic carbocycles. The summed E-state index contributed by atoms with van der Waals surface area (Å²) in [5.74, 6) is -5.87. The van der Waals surface area contributed by atoms with E-state index in [-0.39, 0.29) is 12.6 Å². The molecule has 2 rings (SSSR count). The maximum absolute atomic E-state index is 13.5. The van der Waals surface area contributed by atoms with E-state index in [0.717, 1.165) is 5.56 Å². The van der Waals surface area contributed by atoms with Crippen molar-refractivity contribution in [1.29, 1.82) is 5.26 Å². The molecule has 0 spiro atoms. The first kappa shape index (κ1) is 14.9. The largest absolute Gasteiger partial charge is 0.376 e. The van der Waals surface area contributed by atoms with Gasteiger partial charge < -0.3 is 5.32 Å². The van der Waals surface area contributed by atoms with Crippen molar-refractivity contribution in [3.8, 4) is 6.07 Å². The van der Waals surface area contributed by atoms with Gasteiger partial charge in [0.1, 0.15) is 5.69 Å². The van der Waals surface area contributed by atoms with E-state index in [1.165, 1.54) is 0 Å². The van der Waals surface area contributed by atoms with Crippen LogP contribution < -0.4 is 5.32 Å². The average Bonchev–Trinajstić information content (AvgIpc) is 2.46. The predicted molar refractivity (Wildman–Crippen MR) is 69.5 cm³/mol. The Morgan fingerprint density at radius 1 is 1.05 bits per heavy atom. The Morgan fingerprint density at radius 2 is 1.67 bits per heavy atom. The van der Waals surface area contributed by atoms with E-state index >= 15 is 0 Å². The van der Waals surface area contributed by atoms with Crippen LogP contribution in [0.2, 0.25) is 0 Å². The molecule has 0 saturated heterocycles. The molecule has 0 aromatic heterocycles. The monoisotopic (exact) mass is 294 g/mol. The van der Waals surface area contributed by atoms with Gasteiger partial charge in [0.15, 0.2) is 23.3 Å². The van der Waals surface area contributed by atoms with Gasteiger partial charge in [-0.05, 0) is 30.2 Å². The Morgan fingerprint density at radius 3 is 2.19 bits per heavy atom. The normalized spacial score (nSPS) is 10.3. The van der Waals surface area contributed by atoms with Crippen LogP contribution in [0.1, 0.15) is 16.7 Å². The molecule has 6 heteroatoms. The lowest BCUT2D eigenvalue weighted by atomic mass is 10.1. The zero-order valence-corrected chi connectivity index (χ0v) is 11.0. The number of hydrogen-bond donors (Lipinski definition) is 1. The number of benzene rings is 2. The number of aryl methyl sites for hydroxylation is 1. The summed E-state index contributed by atoms with van der Waals surface area (Å²) in [6, 6.07) is 6.87. The standard InChI is InChI=1S/C15H10F4N2/c1-8-4-9(6-20)2-3-10(8)7-21-15-13(18)11(16)5-12(17)14(15)19/h2-5,21H,7H2,1H3. The molecule has 0 amide bonds. The minimum Gasteiger partial charge on any atom is -0.376 e. The van der Waals surface area contributed by atoms with Crippen LogP contribution in [0, 0.1) is 41.5 Å². The average molecular weight is 294 g/mol. The third-order valence-electron chi connectivity index (χ3n) is 3.04. The summed E-state index contributed by atoms with van der Waals surface area (Å²) in [6.07, 6.45) is 0. The molecule has 2 aromatic rings. The van der Waals surface area contributed by atoms with Crippen molar-refractivity contribution in [2.24, 2.45) is 0 Å². The summed E-state index contributed by atoms with van der Waals surface area (Å²) in [7, 11) is 0. The molecular weight excluding hydrogens is 284 g/mol. The van der Waals surface area contributed by atoms with Crippen molar-refractivity contribution in [2.75, 3.05) is 5.32 Å². The van der Waals surface area contributed by atoms with Crippen molar-refractivity contribution < 1.29 is 17.6 Å². The van der Waals surface area contributed by atoms with E-state index in [1.54, 1.807) is 25.1 Å². The van der Waals surface area contributed by atoms with E-state index in [9.17, 15) is 17.6 Å². The fourth-order valence-corrected chi connectivity index (χ4v) is 1.88. The Kier molecular flexibility index (Phi) is 4.13. The number of anilines is 1. The van der Waals surface area contributed by atoms with Gasteiger partial charge in [0.05, 0.1) is 11.6 Å². The first-order valence-corrected chi connectivity index (χ1v) is 6.00. The van der Waals surface area contributed by atoms with Gasteiger partial charge in [0, 0.05) is 12.6 Å². The summed E-state index contributed by atoms with van der Waals surface area (Å²) in [4.78, 5) is 0. The number of halogens is 4. The molecule has 108 valence electrons. The van der Waals surface area contributed by atoms with Crippen LogP contribution in [0.15, 0.2) is 24.3 Å². The van der Waals surface area contributed by atoms with Crippen molar-refractivity contribution in [3.05, 3.63) is 64.2 Å². The van der Waals surface area contributed by atoms with E-state index < -0.39 is 29.0 Å². The molecule has 0 aliphatic carbocycles. The lowest BCUT2D eigenvalue weighted by Crippen LogP contribution is -2.08. The first-order valence-electron chi connectivity index (χ1n) is 6.00. The van der Waals surface area contributed by atoms with Crippen LogP contribution in [0.25, 0.3) is 0 Å². The highest BCUT2D eigenvalue weighted by Crippen LogP contribution is 2.25. The van der Waals surface area contributed by atoms with Crippen LogP contribution in [-0.2, 0) is 6.54 Å². The maximum atomic E-state index is 13.5. The Balaban J connectivity index is 2.27. The summed E-state index contributed by atoms with van der Waals surface area (Å²) < 4.78 is 53.1. The highest BCUT2D eigenvalue weighted by atomic mass is 19.2. The SMILES string of the molecule is Cc1cc(C#N)ccc1CNc1c(F)c(F)cc(F)c1F. The van der Waals surface area contributed by atoms with Gasteiger partial charge in [-0.15, -0.1) is 0 Å². The molecule has 0 radical (unpaired) electrons. The summed E-state index contributed by atoms with van der Waals surface area (Å²) in [6.45, 7) is 1.69. The summed E-state index contributed by atoms with van der Waals surface area (Å²) in [5.41, 5.74) is 0.971. The number of hydrogen-bond acceptors (Lipinski definition) is 2. The Bertz CT molecular complexity index is 709. The number of nitrogens with zero attached hydrogens (tertiary/aromatic N) is 1. The summed E-state index contributed by atoms with van der Waals surface area (Å²) >= 11 is 0. The fourth-order valence-electron chi connectivity index (χ4n) is 1.88. The van der Waals surface area contributed by atoms with Crippen molar-refractivity contribution in [1.82, 2.24) is 0 Å². The number of nitrogens with one attached hydrogen (secondary N) is 1. The second-order valence-corrected chi connectivity index (χ2v) is 4.45. The van der Waals surface area contributed by atoms with Crippen LogP contribution in [0.3, 0.4) is 0 Å². The zero-order chi connectivity index (χ0) is 15.6. The van der Waals surface area contributed by atoms with Gasteiger partial charge in [-0.1, -0.05) is 6.07 Å². The smallest absolute Gasteiger partial charge is 0.185 e. The van der Waals surface area contributed by atoms with Crippen LogP contribution in [0.5, 0.6) is 0 Å². The molecular formula is C15H10F4N2. The Labute approximate surface area is 118 Å². The number of nitriles is 1.